The van der Waals surface area contributed by atoms with Crippen molar-refractivity contribution >= 4 is 17.7 Å². The molecule has 0 saturated carbocycles. The van der Waals surface area contributed by atoms with Crippen molar-refractivity contribution in [1.29, 1.82) is 0 Å². The Morgan fingerprint density at radius 2 is 2.20 bits per heavy atom. The van der Waals surface area contributed by atoms with E-state index < -0.39 is 0 Å². The van der Waals surface area contributed by atoms with E-state index >= 15 is 0 Å². The second-order valence-corrected chi connectivity index (χ2v) is 2.82. The first-order valence-corrected chi connectivity index (χ1v) is 3.72. The van der Waals surface area contributed by atoms with Gasteiger partial charge in [-0.05, 0) is 19.9 Å². The van der Waals surface area contributed by atoms with Gasteiger partial charge in [0.05, 0.1) is 0 Å². The monoisotopic (exact) mass is 162 g/mol. The van der Waals surface area contributed by atoms with Gasteiger partial charge in [0.2, 0.25) is 0 Å². The van der Waals surface area contributed by atoms with Gasteiger partial charge in [0, 0.05) is 12.0 Å². The fourth-order valence-electron chi connectivity index (χ4n) is 0.791. The molecule has 0 aliphatic heterocycles. The molecule has 0 spiro atoms. The SMILES string of the molecule is CC(N)C(CCN)C(=O)S. The van der Waals surface area contributed by atoms with Crippen LogP contribution in [0.25, 0.3) is 0 Å². The number of carbonyl (C=O) groups excluding carboxylic acids is 1. The zero-order chi connectivity index (χ0) is 8.15. The molecule has 0 radical (unpaired) electrons. The molecule has 0 amide bonds. The maximum absolute atomic E-state index is 10.7. The first kappa shape index (κ1) is 9.94. The molecule has 0 bridgehead atoms. The maximum atomic E-state index is 10.7. The molecule has 0 aromatic carbocycles. The van der Waals surface area contributed by atoms with E-state index in [1.165, 1.54) is 0 Å². The Balaban J connectivity index is 3.85. The lowest BCUT2D eigenvalue weighted by atomic mass is 10.00. The zero-order valence-corrected chi connectivity index (χ0v) is 6.97. The Labute approximate surface area is 66.6 Å². The van der Waals surface area contributed by atoms with Crippen LogP contribution in [0.5, 0.6) is 0 Å². The molecule has 4 N–H and O–H groups in total. The highest BCUT2D eigenvalue weighted by atomic mass is 32.1. The molecular formula is C6H14N2OS. The van der Waals surface area contributed by atoms with E-state index in [9.17, 15) is 4.79 Å². The fraction of sp³-hybridized carbons (Fsp3) is 0.833. The molecule has 0 aromatic rings. The summed E-state index contributed by atoms with van der Waals surface area (Å²) in [6, 6.07) is -0.145. The van der Waals surface area contributed by atoms with E-state index in [4.69, 9.17) is 11.5 Å². The van der Waals surface area contributed by atoms with Crippen LogP contribution in [-0.2, 0) is 4.79 Å². The Morgan fingerprint density at radius 3 is 2.30 bits per heavy atom. The van der Waals surface area contributed by atoms with Crippen LogP contribution in [0.4, 0.5) is 0 Å². The number of thiol groups is 1. The lowest BCUT2D eigenvalue weighted by Gasteiger charge is -2.14. The molecule has 0 fully saturated rings. The summed E-state index contributed by atoms with van der Waals surface area (Å²) in [5.74, 6) is -0.187. The van der Waals surface area contributed by atoms with Crippen LogP contribution in [0.1, 0.15) is 13.3 Å². The van der Waals surface area contributed by atoms with Crippen LogP contribution in [0.2, 0.25) is 0 Å². The molecule has 0 rings (SSSR count). The number of nitrogens with two attached hydrogens (primary N) is 2. The average Bonchev–Trinajstić information content (AvgIpc) is 1.81. The molecule has 60 valence electrons. The Bertz CT molecular complexity index is 116. The third-order valence-electron chi connectivity index (χ3n) is 1.43. The number of carbonyl (C=O) groups is 1. The quantitative estimate of drug-likeness (QED) is 0.499. The van der Waals surface area contributed by atoms with Crippen molar-refractivity contribution in [3.63, 3.8) is 0 Å². The smallest absolute Gasteiger partial charge is 0.190 e. The van der Waals surface area contributed by atoms with Crippen LogP contribution >= 0.6 is 12.6 Å². The predicted octanol–water partition coefficient (Wildman–Crippen LogP) is -0.245. The highest BCUT2D eigenvalue weighted by Gasteiger charge is 2.17. The summed E-state index contributed by atoms with van der Waals surface area (Å²) in [5, 5.41) is -0.166. The largest absolute Gasteiger partial charge is 0.330 e. The van der Waals surface area contributed by atoms with E-state index in [0.29, 0.717) is 13.0 Å². The zero-order valence-electron chi connectivity index (χ0n) is 6.08. The van der Waals surface area contributed by atoms with Gasteiger partial charge in [-0.1, -0.05) is 0 Å². The van der Waals surface area contributed by atoms with E-state index in [1.54, 1.807) is 6.92 Å². The molecule has 3 nitrogen and oxygen atoms in total. The van der Waals surface area contributed by atoms with E-state index in [0.717, 1.165) is 0 Å². The van der Waals surface area contributed by atoms with Gasteiger partial charge in [-0.2, -0.15) is 0 Å². The van der Waals surface area contributed by atoms with Crippen LogP contribution in [0.15, 0.2) is 0 Å². The summed E-state index contributed by atoms with van der Waals surface area (Å²) < 4.78 is 0. The Hall–Kier alpha value is -0.0600. The van der Waals surface area contributed by atoms with Crippen molar-refractivity contribution in [2.75, 3.05) is 6.54 Å². The lowest BCUT2D eigenvalue weighted by molar-refractivity contribution is -0.114. The topological polar surface area (TPSA) is 69.1 Å². The Kier molecular flexibility index (Phi) is 4.68. The fourth-order valence-corrected chi connectivity index (χ4v) is 1.16. The number of rotatable bonds is 4. The first-order chi connectivity index (χ1) is 4.59. The van der Waals surface area contributed by atoms with Gasteiger partial charge in [-0.3, -0.25) is 4.79 Å². The number of hydrogen-bond acceptors (Lipinski definition) is 3. The molecule has 0 saturated heterocycles. The third kappa shape index (κ3) is 3.20. The second-order valence-electron chi connectivity index (χ2n) is 2.38. The average molecular weight is 162 g/mol. The standard InChI is InChI=1S/C6H14N2OS/c1-4(8)5(2-3-7)6(9)10/h4-5H,2-3,7-8H2,1H3,(H,9,10). The highest BCUT2D eigenvalue weighted by Crippen LogP contribution is 2.09. The summed E-state index contributed by atoms with van der Waals surface area (Å²) in [4.78, 5) is 10.7. The van der Waals surface area contributed by atoms with Crippen molar-refractivity contribution in [1.82, 2.24) is 0 Å². The van der Waals surface area contributed by atoms with Gasteiger partial charge in [-0.25, -0.2) is 0 Å². The van der Waals surface area contributed by atoms with Gasteiger partial charge in [0.25, 0.3) is 0 Å². The van der Waals surface area contributed by atoms with Crippen molar-refractivity contribution in [2.45, 2.75) is 19.4 Å². The minimum absolute atomic E-state index is 0.145. The summed E-state index contributed by atoms with van der Waals surface area (Å²) >= 11 is 3.69. The minimum atomic E-state index is -0.187. The third-order valence-corrected chi connectivity index (χ3v) is 1.76. The summed E-state index contributed by atoms with van der Waals surface area (Å²) in [6.45, 7) is 2.27. The van der Waals surface area contributed by atoms with Crippen molar-refractivity contribution in [2.24, 2.45) is 17.4 Å². The summed E-state index contributed by atoms with van der Waals surface area (Å²) in [7, 11) is 0. The molecule has 10 heavy (non-hydrogen) atoms. The van der Waals surface area contributed by atoms with Gasteiger partial charge in [0.1, 0.15) is 0 Å². The van der Waals surface area contributed by atoms with Crippen LogP contribution in [0.3, 0.4) is 0 Å². The summed E-state index contributed by atoms with van der Waals surface area (Å²) in [6.07, 6.45) is 0.625. The van der Waals surface area contributed by atoms with E-state index in [1.807, 2.05) is 0 Å². The Morgan fingerprint density at radius 1 is 1.70 bits per heavy atom. The molecular weight excluding hydrogens is 148 g/mol. The van der Waals surface area contributed by atoms with Gasteiger partial charge in [0.15, 0.2) is 5.12 Å². The number of hydrogen-bond donors (Lipinski definition) is 3. The van der Waals surface area contributed by atoms with Crippen molar-refractivity contribution < 1.29 is 4.79 Å². The minimum Gasteiger partial charge on any atom is -0.330 e. The van der Waals surface area contributed by atoms with Gasteiger partial charge >= 0.3 is 0 Å². The maximum Gasteiger partial charge on any atom is 0.190 e. The van der Waals surface area contributed by atoms with Gasteiger partial charge < -0.3 is 11.5 Å². The van der Waals surface area contributed by atoms with Crippen molar-refractivity contribution in [3.8, 4) is 0 Å². The van der Waals surface area contributed by atoms with Gasteiger partial charge in [-0.15, -0.1) is 12.6 Å². The predicted molar refractivity (Wildman–Crippen MR) is 44.8 cm³/mol. The normalized spacial score (nSPS) is 16.4. The molecule has 0 aliphatic rings. The van der Waals surface area contributed by atoms with Crippen LogP contribution < -0.4 is 11.5 Å². The summed E-state index contributed by atoms with van der Waals surface area (Å²) in [5.41, 5.74) is 10.8. The van der Waals surface area contributed by atoms with E-state index in [2.05, 4.69) is 12.6 Å². The molecule has 2 atom stereocenters. The van der Waals surface area contributed by atoms with E-state index in [-0.39, 0.29) is 17.1 Å². The van der Waals surface area contributed by atoms with Crippen molar-refractivity contribution in [3.05, 3.63) is 0 Å². The first-order valence-electron chi connectivity index (χ1n) is 3.28. The molecule has 0 heterocycles. The lowest BCUT2D eigenvalue weighted by Crippen LogP contribution is -2.32. The second kappa shape index (κ2) is 4.71. The van der Waals surface area contributed by atoms with Crippen LogP contribution in [-0.4, -0.2) is 17.7 Å². The molecule has 4 heteroatoms. The molecule has 0 aliphatic carbocycles. The molecule has 2 unspecified atom stereocenters. The molecule has 0 aromatic heterocycles. The highest BCUT2D eigenvalue weighted by molar-refractivity contribution is 7.96. The van der Waals surface area contributed by atoms with Crippen LogP contribution in [0, 0.1) is 5.92 Å².